The topological polar surface area (TPSA) is 101 Å². The van der Waals surface area contributed by atoms with Crippen molar-refractivity contribution < 1.29 is 10.0 Å². The second-order valence-electron chi connectivity index (χ2n) is 6.03. The number of benzene rings is 2. The van der Waals surface area contributed by atoms with Gasteiger partial charge in [-0.1, -0.05) is 54.6 Å². The number of carbonyl (C=O) groups is 1. The molecule has 0 aliphatic rings. The fraction of sp³-hybridized carbons (Fsp3) is 0. The lowest BCUT2D eigenvalue weighted by Gasteiger charge is -2.13. The molecule has 27 heavy (non-hydrogen) atoms. The molecule has 4 aromatic rings. The van der Waals surface area contributed by atoms with Crippen LogP contribution in [0.1, 0.15) is 10.4 Å². The second-order valence-corrected chi connectivity index (χ2v) is 6.03. The summed E-state index contributed by atoms with van der Waals surface area (Å²) in [7, 11) is 0. The van der Waals surface area contributed by atoms with Crippen molar-refractivity contribution in [3.8, 4) is 22.4 Å². The fourth-order valence-corrected chi connectivity index (χ4v) is 3.09. The van der Waals surface area contributed by atoms with E-state index in [1.807, 2.05) is 54.6 Å². The number of nitrogens with two attached hydrogens (primary N) is 1. The highest BCUT2D eigenvalue weighted by molar-refractivity contribution is 6.12. The molecule has 0 aliphatic heterocycles. The molecule has 0 fully saturated rings. The summed E-state index contributed by atoms with van der Waals surface area (Å²) in [6, 6.07) is 19.5. The van der Waals surface area contributed by atoms with E-state index in [2.05, 4.69) is 9.97 Å². The maximum absolute atomic E-state index is 12.2. The highest BCUT2D eigenvalue weighted by Crippen LogP contribution is 2.33. The van der Waals surface area contributed by atoms with Crippen LogP contribution in [0.3, 0.4) is 0 Å². The van der Waals surface area contributed by atoms with Crippen molar-refractivity contribution >= 4 is 22.5 Å². The summed E-state index contributed by atoms with van der Waals surface area (Å²) >= 11 is 0. The molecule has 0 radical (unpaired) electrons. The molecule has 0 atom stereocenters. The standard InChI is InChI=1S/C21H16N4O2/c22-19-18(21(26)25-27)16-12-23-11-10-17(16)24-20(19)15-8-6-14(7-9-15)13-4-2-1-3-5-13/h1-12,27H,22H2,(H,25,26). The van der Waals surface area contributed by atoms with Gasteiger partial charge in [0.05, 0.1) is 22.5 Å². The van der Waals surface area contributed by atoms with Crippen LogP contribution in [0.25, 0.3) is 33.3 Å². The number of hydrogen-bond acceptors (Lipinski definition) is 5. The van der Waals surface area contributed by atoms with Gasteiger partial charge >= 0.3 is 0 Å². The molecule has 2 aromatic heterocycles. The highest BCUT2D eigenvalue weighted by Gasteiger charge is 2.19. The summed E-state index contributed by atoms with van der Waals surface area (Å²) in [6.45, 7) is 0. The van der Waals surface area contributed by atoms with Crippen molar-refractivity contribution in [3.63, 3.8) is 0 Å². The number of rotatable bonds is 3. The number of nitrogens with one attached hydrogen (secondary N) is 1. The molecule has 0 bridgehead atoms. The molecule has 0 unspecified atom stereocenters. The highest BCUT2D eigenvalue weighted by atomic mass is 16.5. The molecular weight excluding hydrogens is 340 g/mol. The minimum absolute atomic E-state index is 0.151. The predicted octanol–water partition coefficient (Wildman–Crippen LogP) is 3.67. The Morgan fingerprint density at radius 3 is 2.30 bits per heavy atom. The maximum atomic E-state index is 12.2. The molecule has 0 saturated heterocycles. The average molecular weight is 356 g/mol. The number of hydroxylamine groups is 1. The first-order chi connectivity index (χ1) is 13.2. The van der Waals surface area contributed by atoms with Crippen molar-refractivity contribution in [2.75, 3.05) is 5.73 Å². The minimum atomic E-state index is -0.699. The Kier molecular flexibility index (Phi) is 4.24. The van der Waals surface area contributed by atoms with Crippen LogP contribution < -0.4 is 11.2 Å². The van der Waals surface area contributed by atoms with Gasteiger partial charge in [-0.3, -0.25) is 15.0 Å². The quantitative estimate of drug-likeness (QED) is 0.384. The van der Waals surface area contributed by atoms with Gasteiger partial charge in [0, 0.05) is 23.3 Å². The Hall–Kier alpha value is -3.77. The van der Waals surface area contributed by atoms with Crippen molar-refractivity contribution in [2.24, 2.45) is 0 Å². The SMILES string of the molecule is Nc1c(-c2ccc(-c3ccccc3)cc2)nc2ccncc2c1C(=O)NO. The summed E-state index contributed by atoms with van der Waals surface area (Å²) in [6.07, 6.45) is 3.10. The van der Waals surface area contributed by atoms with Gasteiger partial charge in [-0.2, -0.15) is 0 Å². The third-order valence-corrected chi connectivity index (χ3v) is 4.42. The van der Waals surface area contributed by atoms with Gasteiger partial charge in [-0.15, -0.1) is 0 Å². The van der Waals surface area contributed by atoms with E-state index in [1.165, 1.54) is 6.20 Å². The number of fused-ring (bicyclic) bond motifs is 1. The molecule has 4 rings (SSSR count). The molecule has 2 aromatic carbocycles. The lowest BCUT2D eigenvalue weighted by molar-refractivity contribution is 0.0709. The van der Waals surface area contributed by atoms with E-state index < -0.39 is 5.91 Å². The summed E-state index contributed by atoms with van der Waals surface area (Å²) in [5.41, 5.74) is 12.2. The summed E-state index contributed by atoms with van der Waals surface area (Å²) in [5.74, 6) is -0.699. The first-order valence-corrected chi connectivity index (χ1v) is 8.32. The number of amides is 1. The van der Waals surface area contributed by atoms with Gasteiger partial charge in [0.25, 0.3) is 5.91 Å². The summed E-state index contributed by atoms with van der Waals surface area (Å²) in [4.78, 5) is 20.8. The van der Waals surface area contributed by atoms with Gasteiger partial charge < -0.3 is 5.73 Å². The van der Waals surface area contributed by atoms with Crippen LogP contribution in [-0.2, 0) is 0 Å². The Morgan fingerprint density at radius 1 is 0.926 bits per heavy atom. The Balaban J connectivity index is 1.87. The van der Waals surface area contributed by atoms with E-state index in [4.69, 9.17) is 10.9 Å². The van der Waals surface area contributed by atoms with Crippen LogP contribution in [0.2, 0.25) is 0 Å². The van der Waals surface area contributed by atoms with E-state index in [0.29, 0.717) is 16.6 Å². The van der Waals surface area contributed by atoms with Crippen LogP contribution in [0.5, 0.6) is 0 Å². The first-order valence-electron chi connectivity index (χ1n) is 8.32. The van der Waals surface area contributed by atoms with E-state index in [0.717, 1.165) is 16.7 Å². The number of anilines is 1. The Morgan fingerprint density at radius 2 is 1.59 bits per heavy atom. The maximum Gasteiger partial charge on any atom is 0.277 e. The zero-order valence-corrected chi connectivity index (χ0v) is 14.3. The monoisotopic (exact) mass is 356 g/mol. The number of hydrogen-bond donors (Lipinski definition) is 3. The van der Waals surface area contributed by atoms with Crippen LogP contribution in [0.15, 0.2) is 73.1 Å². The van der Waals surface area contributed by atoms with Gasteiger partial charge in [0.1, 0.15) is 0 Å². The van der Waals surface area contributed by atoms with Crippen LogP contribution in [0, 0.1) is 0 Å². The summed E-state index contributed by atoms with van der Waals surface area (Å²) in [5, 5.41) is 9.58. The summed E-state index contributed by atoms with van der Waals surface area (Å²) < 4.78 is 0. The molecule has 132 valence electrons. The fourth-order valence-electron chi connectivity index (χ4n) is 3.09. The number of nitrogen functional groups attached to an aromatic ring is 1. The predicted molar refractivity (Wildman–Crippen MR) is 104 cm³/mol. The van der Waals surface area contributed by atoms with E-state index in [1.54, 1.807) is 17.7 Å². The molecule has 2 heterocycles. The molecule has 0 aliphatic carbocycles. The Bertz CT molecular complexity index is 1130. The lowest BCUT2D eigenvalue weighted by Crippen LogP contribution is -2.21. The van der Waals surface area contributed by atoms with Crippen molar-refractivity contribution in [1.82, 2.24) is 15.4 Å². The van der Waals surface area contributed by atoms with E-state index in [-0.39, 0.29) is 11.3 Å². The van der Waals surface area contributed by atoms with Crippen LogP contribution in [-0.4, -0.2) is 21.1 Å². The smallest absolute Gasteiger partial charge is 0.277 e. The molecule has 1 amide bonds. The molecule has 6 nitrogen and oxygen atoms in total. The molecule has 4 N–H and O–H groups in total. The molecule has 0 spiro atoms. The van der Waals surface area contributed by atoms with Gasteiger partial charge in [0.2, 0.25) is 0 Å². The van der Waals surface area contributed by atoms with Gasteiger partial charge in [-0.05, 0) is 17.2 Å². The normalized spacial score (nSPS) is 10.7. The van der Waals surface area contributed by atoms with Crippen molar-refractivity contribution in [1.29, 1.82) is 0 Å². The number of nitrogens with zero attached hydrogens (tertiary/aromatic N) is 2. The number of aromatic nitrogens is 2. The largest absolute Gasteiger partial charge is 0.396 e. The molecule has 6 heteroatoms. The van der Waals surface area contributed by atoms with Crippen molar-refractivity contribution in [3.05, 3.63) is 78.6 Å². The van der Waals surface area contributed by atoms with Crippen LogP contribution >= 0.6 is 0 Å². The minimum Gasteiger partial charge on any atom is -0.396 e. The molecule has 0 saturated carbocycles. The molecular formula is C21H16N4O2. The third-order valence-electron chi connectivity index (χ3n) is 4.42. The average Bonchev–Trinajstić information content (AvgIpc) is 2.73. The van der Waals surface area contributed by atoms with Gasteiger partial charge in [0.15, 0.2) is 0 Å². The number of carbonyl (C=O) groups excluding carboxylic acids is 1. The first kappa shape index (κ1) is 16.7. The zero-order chi connectivity index (χ0) is 18.8. The lowest BCUT2D eigenvalue weighted by atomic mass is 9.99. The third kappa shape index (κ3) is 2.98. The van der Waals surface area contributed by atoms with Gasteiger partial charge in [-0.25, -0.2) is 10.5 Å². The second kappa shape index (κ2) is 6.86. The number of pyridine rings is 2. The zero-order valence-electron chi connectivity index (χ0n) is 14.3. The van der Waals surface area contributed by atoms with Crippen LogP contribution in [0.4, 0.5) is 5.69 Å². The van der Waals surface area contributed by atoms with E-state index >= 15 is 0 Å². The van der Waals surface area contributed by atoms with E-state index in [9.17, 15) is 4.79 Å². The Labute approximate surface area is 155 Å². The van der Waals surface area contributed by atoms with Crippen molar-refractivity contribution in [2.45, 2.75) is 0 Å².